The van der Waals surface area contributed by atoms with Crippen LogP contribution < -0.4 is 5.32 Å². The zero-order valence-corrected chi connectivity index (χ0v) is 19.7. The van der Waals surface area contributed by atoms with Crippen LogP contribution in [-0.2, 0) is 16.0 Å². The Morgan fingerprint density at radius 1 is 1.12 bits per heavy atom. The number of nitrogens with zero attached hydrogens (tertiary/aromatic N) is 1. The van der Waals surface area contributed by atoms with Crippen LogP contribution in [0, 0.1) is 0 Å². The van der Waals surface area contributed by atoms with Crippen LogP contribution in [0.3, 0.4) is 0 Å². The molecule has 0 bridgehead atoms. The third kappa shape index (κ3) is 6.45. The molecule has 0 spiro atoms. The molecule has 7 heteroatoms. The monoisotopic (exact) mass is 467 g/mol. The van der Waals surface area contributed by atoms with E-state index in [9.17, 15) is 14.7 Å². The Labute approximate surface area is 199 Å². The van der Waals surface area contributed by atoms with Gasteiger partial charge in [-0.15, -0.1) is 0 Å². The molecule has 3 rings (SSSR count). The lowest BCUT2D eigenvalue weighted by Crippen LogP contribution is -2.44. The molecule has 3 atom stereocenters. The molecule has 2 aromatic carbocycles. The van der Waals surface area contributed by atoms with Gasteiger partial charge >= 0.3 is 5.97 Å². The number of imidazole rings is 1. The highest BCUT2D eigenvalue weighted by molar-refractivity contribution is 6.31. The predicted octanol–water partition coefficient (Wildman–Crippen LogP) is 5.30. The molecule has 0 saturated carbocycles. The molecule has 174 valence electrons. The maximum Gasteiger partial charge on any atom is 0.326 e. The van der Waals surface area contributed by atoms with Gasteiger partial charge in [0.2, 0.25) is 5.91 Å². The van der Waals surface area contributed by atoms with Gasteiger partial charge in [-0.2, -0.15) is 0 Å². The zero-order chi connectivity index (χ0) is 23.8. The fourth-order valence-corrected chi connectivity index (χ4v) is 4.11. The molecule has 1 heterocycles. The van der Waals surface area contributed by atoms with Crippen LogP contribution in [0.5, 0.6) is 0 Å². The number of carbonyl (C=O) groups is 2. The number of carbonyl (C=O) groups excluding carboxylic acids is 1. The molecule has 6 nitrogen and oxygen atoms in total. The normalized spacial score (nSPS) is 13.8. The third-order valence-electron chi connectivity index (χ3n) is 5.83. The fourth-order valence-electron chi connectivity index (χ4n) is 3.84. The first kappa shape index (κ1) is 24.5. The van der Waals surface area contributed by atoms with Crippen molar-refractivity contribution in [2.45, 2.75) is 57.4 Å². The summed E-state index contributed by atoms with van der Waals surface area (Å²) >= 11 is 6.46. The van der Waals surface area contributed by atoms with Crippen molar-refractivity contribution in [2.75, 3.05) is 0 Å². The van der Waals surface area contributed by atoms with Crippen molar-refractivity contribution < 1.29 is 14.7 Å². The standard InChI is InChI=1S/C26H30ClN3O3/c1-3-4-12-20(19-13-8-9-14-21(19)27)24-28-16-23(29-24)17(2)25(31)30-22(26(32)33)15-18-10-6-5-7-11-18/h5-11,13-14,16-17,20,22H,3-4,12,15H2,1-2H3,(H,28,29)(H,30,31)(H,32,33). The summed E-state index contributed by atoms with van der Waals surface area (Å²) in [6.07, 6.45) is 4.82. The summed E-state index contributed by atoms with van der Waals surface area (Å²) in [5.41, 5.74) is 2.49. The quantitative estimate of drug-likeness (QED) is 0.356. The van der Waals surface area contributed by atoms with Crippen LogP contribution in [0.2, 0.25) is 5.02 Å². The summed E-state index contributed by atoms with van der Waals surface area (Å²) in [6.45, 7) is 3.88. The Bertz CT molecular complexity index is 1070. The molecule has 0 aliphatic heterocycles. The summed E-state index contributed by atoms with van der Waals surface area (Å²) < 4.78 is 0. The van der Waals surface area contributed by atoms with Crippen molar-refractivity contribution in [3.05, 3.63) is 88.5 Å². The van der Waals surface area contributed by atoms with Gasteiger partial charge in [0.15, 0.2) is 0 Å². The minimum Gasteiger partial charge on any atom is -0.480 e. The summed E-state index contributed by atoms with van der Waals surface area (Å²) in [5.74, 6) is -1.26. The zero-order valence-electron chi connectivity index (χ0n) is 18.9. The Morgan fingerprint density at radius 3 is 2.48 bits per heavy atom. The first-order valence-corrected chi connectivity index (χ1v) is 11.6. The first-order valence-electron chi connectivity index (χ1n) is 11.3. The molecule has 0 aliphatic rings. The molecule has 3 unspecified atom stereocenters. The van der Waals surface area contributed by atoms with Crippen LogP contribution in [0.25, 0.3) is 0 Å². The van der Waals surface area contributed by atoms with Crippen molar-refractivity contribution in [2.24, 2.45) is 0 Å². The maximum absolute atomic E-state index is 12.9. The molecular formula is C26H30ClN3O3. The van der Waals surface area contributed by atoms with E-state index in [-0.39, 0.29) is 18.2 Å². The number of aromatic amines is 1. The Hall–Kier alpha value is -3.12. The van der Waals surface area contributed by atoms with Gasteiger partial charge in [-0.25, -0.2) is 9.78 Å². The number of unbranched alkanes of at least 4 members (excludes halogenated alkanes) is 1. The highest BCUT2D eigenvalue weighted by atomic mass is 35.5. The van der Waals surface area contributed by atoms with Crippen molar-refractivity contribution >= 4 is 23.5 Å². The summed E-state index contributed by atoms with van der Waals surface area (Å²) in [7, 11) is 0. The van der Waals surface area contributed by atoms with E-state index in [0.29, 0.717) is 10.7 Å². The van der Waals surface area contributed by atoms with Crippen LogP contribution in [0.4, 0.5) is 0 Å². The van der Waals surface area contributed by atoms with E-state index < -0.39 is 17.9 Å². The lowest BCUT2D eigenvalue weighted by molar-refractivity contribution is -0.142. The Balaban J connectivity index is 1.75. The molecule has 3 N–H and O–H groups in total. The van der Waals surface area contributed by atoms with Crippen LogP contribution in [0.1, 0.15) is 67.6 Å². The number of nitrogens with one attached hydrogen (secondary N) is 2. The minimum atomic E-state index is -1.07. The minimum absolute atomic E-state index is 0.00694. The molecule has 0 saturated heterocycles. The number of aliphatic carboxylic acids is 1. The molecule has 33 heavy (non-hydrogen) atoms. The van der Waals surface area contributed by atoms with Crippen LogP contribution >= 0.6 is 11.6 Å². The van der Waals surface area contributed by atoms with E-state index in [2.05, 4.69) is 22.2 Å². The summed E-state index contributed by atoms with van der Waals surface area (Å²) in [5, 5.41) is 13.0. The Morgan fingerprint density at radius 2 is 1.82 bits per heavy atom. The lowest BCUT2D eigenvalue weighted by Gasteiger charge is -2.18. The fraction of sp³-hybridized carbons (Fsp3) is 0.346. The number of aromatic nitrogens is 2. The highest BCUT2D eigenvalue weighted by Gasteiger charge is 2.26. The van der Waals surface area contributed by atoms with Gasteiger partial charge in [0.05, 0.1) is 5.92 Å². The van der Waals surface area contributed by atoms with Gasteiger partial charge in [0.1, 0.15) is 11.9 Å². The second kappa shape index (κ2) is 11.7. The number of amides is 1. The number of hydrogen-bond donors (Lipinski definition) is 3. The van der Waals surface area contributed by atoms with Crippen molar-refractivity contribution in [1.29, 1.82) is 0 Å². The predicted molar refractivity (Wildman–Crippen MR) is 130 cm³/mol. The van der Waals surface area contributed by atoms with Crippen molar-refractivity contribution in [3.8, 4) is 0 Å². The maximum atomic E-state index is 12.9. The number of rotatable bonds is 11. The largest absolute Gasteiger partial charge is 0.480 e. The summed E-state index contributed by atoms with van der Waals surface area (Å²) in [4.78, 5) is 32.5. The van der Waals surface area contributed by atoms with E-state index in [4.69, 9.17) is 11.6 Å². The summed E-state index contributed by atoms with van der Waals surface area (Å²) in [6, 6.07) is 16.0. The van der Waals surface area contributed by atoms with Gasteiger partial charge in [-0.05, 0) is 30.5 Å². The van der Waals surface area contributed by atoms with E-state index in [1.807, 2.05) is 54.6 Å². The van der Waals surface area contributed by atoms with Gasteiger partial charge in [-0.3, -0.25) is 4.79 Å². The van der Waals surface area contributed by atoms with Crippen molar-refractivity contribution in [3.63, 3.8) is 0 Å². The van der Waals surface area contributed by atoms with E-state index in [1.165, 1.54) is 0 Å². The first-order chi connectivity index (χ1) is 15.9. The van der Waals surface area contributed by atoms with Gasteiger partial charge in [0, 0.05) is 29.3 Å². The molecule has 1 amide bonds. The van der Waals surface area contributed by atoms with Crippen LogP contribution in [-0.4, -0.2) is 33.0 Å². The van der Waals surface area contributed by atoms with E-state index >= 15 is 0 Å². The van der Waals surface area contributed by atoms with Gasteiger partial charge in [0.25, 0.3) is 0 Å². The second-order valence-electron chi connectivity index (χ2n) is 8.25. The number of carboxylic acid groups (broad SMARTS) is 1. The van der Waals surface area contributed by atoms with Gasteiger partial charge in [-0.1, -0.05) is 79.9 Å². The number of carboxylic acids is 1. The molecular weight excluding hydrogens is 438 g/mol. The highest BCUT2D eigenvalue weighted by Crippen LogP contribution is 2.33. The number of benzene rings is 2. The molecule has 0 radical (unpaired) electrons. The van der Waals surface area contributed by atoms with E-state index in [1.54, 1.807) is 13.1 Å². The topological polar surface area (TPSA) is 95.1 Å². The van der Waals surface area contributed by atoms with Crippen molar-refractivity contribution in [1.82, 2.24) is 15.3 Å². The molecule has 3 aromatic rings. The molecule has 1 aromatic heterocycles. The number of halogens is 1. The second-order valence-corrected chi connectivity index (χ2v) is 8.66. The SMILES string of the molecule is CCCCC(c1ncc(C(C)C(=O)NC(Cc2ccccc2)C(=O)O)[nH]1)c1ccccc1Cl. The molecule has 0 fully saturated rings. The van der Waals surface area contributed by atoms with Gasteiger partial charge < -0.3 is 15.4 Å². The lowest BCUT2D eigenvalue weighted by atomic mass is 9.93. The Kier molecular flexibility index (Phi) is 8.66. The van der Waals surface area contributed by atoms with Crippen LogP contribution in [0.15, 0.2) is 60.8 Å². The average Bonchev–Trinajstić information content (AvgIpc) is 3.30. The smallest absolute Gasteiger partial charge is 0.326 e. The average molecular weight is 468 g/mol. The van der Waals surface area contributed by atoms with E-state index in [0.717, 1.165) is 36.2 Å². The third-order valence-corrected chi connectivity index (χ3v) is 6.17. The molecule has 0 aliphatic carbocycles. The number of H-pyrrole nitrogens is 1. The number of hydrogen-bond acceptors (Lipinski definition) is 3.